The molecule has 2 aliphatic rings. The minimum atomic E-state index is 0.177. The molecule has 2 unspecified atom stereocenters. The summed E-state index contributed by atoms with van der Waals surface area (Å²) in [5, 5.41) is 4.86. The number of rotatable bonds is 4. The van der Waals surface area contributed by atoms with Gasteiger partial charge in [-0.05, 0) is 39.3 Å². The second-order valence-corrected chi connectivity index (χ2v) is 6.95. The number of aromatic nitrogens is 1. The van der Waals surface area contributed by atoms with E-state index in [2.05, 4.69) is 24.2 Å². The average Bonchev–Trinajstić information content (AvgIpc) is 2.89. The summed E-state index contributed by atoms with van der Waals surface area (Å²) < 4.78 is 5.91. The van der Waals surface area contributed by atoms with Crippen LogP contribution in [0.25, 0.3) is 0 Å². The van der Waals surface area contributed by atoms with Crippen LogP contribution in [0.15, 0.2) is 0 Å². The standard InChI is InChI=1S/C15H25N3OS/c1-3-7-16-11-5-4-6-12-14(11)20-15(17-12)13-10-18(2)8-9-19-13/h11,13,16H,3-10H2,1-2H3. The van der Waals surface area contributed by atoms with Crippen molar-refractivity contribution in [2.45, 2.75) is 44.8 Å². The van der Waals surface area contributed by atoms with E-state index >= 15 is 0 Å². The Morgan fingerprint density at radius 2 is 2.40 bits per heavy atom. The number of fused-ring (bicyclic) bond motifs is 1. The van der Waals surface area contributed by atoms with Crippen LogP contribution in [0, 0.1) is 0 Å². The first-order valence-electron chi connectivity index (χ1n) is 7.81. The number of hydrogen-bond donors (Lipinski definition) is 1. The van der Waals surface area contributed by atoms with Crippen LogP contribution in [-0.4, -0.2) is 43.2 Å². The van der Waals surface area contributed by atoms with Crippen molar-refractivity contribution in [3.63, 3.8) is 0 Å². The van der Waals surface area contributed by atoms with Crippen LogP contribution in [-0.2, 0) is 11.2 Å². The van der Waals surface area contributed by atoms with Gasteiger partial charge >= 0.3 is 0 Å². The molecule has 0 saturated carbocycles. The Morgan fingerprint density at radius 3 is 3.20 bits per heavy atom. The molecule has 112 valence electrons. The highest BCUT2D eigenvalue weighted by Crippen LogP contribution is 2.37. The summed E-state index contributed by atoms with van der Waals surface area (Å²) in [7, 11) is 2.16. The van der Waals surface area contributed by atoms with E-state index in [1.165, 1.54) is 34.8 Å². The zero-order valence-corrected chi connectivity index (χ0v) is 13.3. The normalized spacial score (nSPS) is 27.5. The molecule has 1 aliphatic heterocycles. The fourth-order valence-corrected chi connectivity index (χ4v) is 4.28. The van der Waals surface area contributed by atoms with Crippen molar-refractivity contribution in [3.05, 3.63) is 15.6 Å². The SMILES string of the molecule is CCCNC1CCCc2nc(C3CN(C)CCO3)sc21. The zero-order valence-electron chi connectivity index (χ0n) is 12.5. The van der Waals surface area contributed by atoms with Gasteiger partial charge in [-0.3, -0.25) is 0 Å². The second-order valence-electron chi connectivity index (χ2n) is 5.88. The molecule has 0 bridgehead atoms. The molecule has 0 radical (unpaired) electrons. The molecule has 4 nitrogen and oxygen atoms in total. The Bertz CT molecular complexity index is 448. The number of hydrogen-bond acceptors (Lipinski definition) is 5. The van der Waals surface area contributed by atoms with Crippen molar-refractivity contribution in [2.24, 2.45) is 0 Å². The number of ether oxygens (including phenoxy) is 1. The van der Waals surface area contributed by atoms with Gasteiger partial charge < -0.3 is 15.0 Å². The van der Waals surface area contributed by atoms with Crippen LogP contribution in [0.1, 0.15) is 53.9 Å². The fourth-order valence-electron chi connectivity index (χ4n) is 3.02. The van der Waals surface area contributed by atoms with Crippen molar-refractivity contribution in [1.82, 2.24) is 15.2 Å². The minimum Gasteiger partial charge on any atom is -0.368 e. The molecule has 1 fully saturated rings. The first-order valence-corrected chi connectivity index (χ1v) is 8.62. The maximum absolute atomic E-state index is 5.91. The molecule has 1 aliphatic carbocycles. The van der Waals surface area contributed by atoms with Crippen LogP contribution in [0.5, 0.6) is 0 Å². The molecule has 0 aromatic carbocycles. The van der Waals surface area contributed by atoms with Crippen LogP contribution >= 0.6 is 11.3 Å². The Kier molecular flexibility index (Phi) is 4.71. The van der Waals surface area contributed by atoms with Gasteiger partial charge in [0.2, 0.25) is 0 Å². The van der Waals surface area contributed by atoms with E-state index in [9.17, 15) is 0 Å². The van der Waals surface area contributed by atoms with Crippen LogP contribution in [0.2, 0.25) is 0 Å². The minimum absolute atomic E-state index is 0.177. The highest BCUT2D eigenvalue weighted by atomic mass is 32.1. The highest BCUT2D eigenvalue weighted by molar-refractivity contribution is 7.11. The molecule has 3 rings (SSSR count). The van der Waals surface area contributed by atoms with Crippen molar-refractivity contribution in [2.75, 3.05) is 33.3 Å². The lowest BCUT2D eigenvalue weighted by Crippen LogP contribution is -2.35. The molecule has 1 aromatic heterocycles. The number of nitrogens with zero attached hydrogens (tertiary/aromatic N) is 2. The molecule has 1 saturated heterocycles. The van der Waals surface area contributed by atoms with Gasteiger partial charge in [-0.1, -0.05) is 6.92 Å². The molecule has 5 heteroatoms. The lowest BCUT2D eigenvalue weighted by atomic mass is 9.98. The second kappa shape index (κ2) is 6.52. The van der Waals surface area contributed by atoms with E-state index in [1.54, 1.807) is 0 Å². The average molecular weight is 295 g/mol. The van der Waals surface area contributed by atoms with Gasteiger partial charge in [0, 0.05) is 24.0 Å². The van der Waals surface area contributed by atoms with Gasteiger partial charge in [0.1, 0.15) is 11.1 Å². The van der Waals surface area contributed by atoms with Gasteiger partial charge in [0.05, 0.1) is 12.3 Å². The molecule has 20 heavy (non-hydrogen) atoms. The predicted molar refractivity (Wildman–Crippen MR) is 82.3 cm³/mol. The molecule has 0 spiro atoms. The summed E-state index contributed by atoms with van der Waals surface area (Å²) in [5.74, 6) is 0. The molecular weight excluding hydrogens is 270 g/mol. The number of likely N-dealkylation sites (N-methyl/N-ethyl adjacent to an activating group) is 1. The molecule has 2 heterocycles. The van der Waals surface area contributed by atoms with Gasteiger partial charge in [0.25, 0.3) is 0 Å². The smallest absolute Gasteiger partial charge is 0.123 e. The van der Waals surface area contributed by atoms with E-state index in [4.69, 9.17) is 9.72 Å². The van der Waals surface area contributed by atoms with E-state index in [-0.39, 0.29) is 6.10 Å². The van der Waals surface area contributed by atoms with E-state index < -0.39 is 0 Å². The number of nitrogens with one attached hydrogen (secondary N) is 1. The van der Waals surface area contributed by atoms with Crippen molar-refractivity contribution in [1.29, 1.82) is 0 Å². The van der Waals surface area contributed by atoms with Gasteiger partial charge in [0.15, 0.2) is 0 Å². The lowest BCUT2D eigenvalue weighted by molar-refractivity contribution is -0.0210. The first-order chi connectivity index (χ1) is 9.78. The number of morpholine rings is 1. The summed E-state index contributed by atoms with van der Waals surface area (Å²) >= 11 is 1.88. The van der Waals surface area contributed by atoms with Crippen molar-refractivity contribution in [3.8, 4) is 0 Å². The van der Waals surface area contributed by atoms with E-state index in [1.807, 2.05) is 11.3 Å². The van der Waals surface area contributed by atoms with E-state index in [0.29, 0.717) is 6.04 Å². The molecule has 2 atom stereocenters. The van der Waals surface area contributed by atoms with E-state index in [0.717, 1.165) is 32.7 Å². The van der Waals surface area contributed by atoms with Gasteiger partial charge in [-0.25, -0.2) is 4.98 Å². The first kappa shape index (κ1) is 14.4. The Hall–Kier alpha value is -0.490. The van der Waals surface area contributed by atoms with Gasteiger partial charge in [-0.2, -0.15) is 0 Å². The summed E-state index contributed by atoms with van der Waals surface area (Å²) in [5.41, 5.74) is 1.32. The zero-order chi connectivity index (χ0) is 13.9. The summed E-state index contributed by atoms with van der Waals surface area (Å²) in [6.07, 6.45) is 5.01. The highest BCUT2D eigenvalue weighted by Gasteiger charge is 2.28. The predicted octanol–water partition coefficient (Wildman–Crippen LogP) is 2.52. The van der Waals surface area contributed by atoms with Crippen LogP contribution < -0.4 is 5.32 Å². The summed E-state index contributed by atoms with van der Waals surface area (Å²) in [4.78, 5) is 8.70. The largest absolute Gasteiger partial charge is 0.368 e. The Morgan fingerprint density at radius 1 is 1.50 bits per heavy atom. The van der Waals surface area contributed by atoms with Crippen molar-refractivity contribution < 1.29 is 4.74 Å². The van der Waals surface area contributed by atoms with Crippen LogP contribution in [0.4, 0.5) is 0 Å². The van der Waals surface area contributed by atoms with Gasteiger partial charge in [-0.15, -0.1) is 11.3 Å². The quantitative estimate of drug-likeness (QED) is 0.926. The molecule has 0 amide bonds. The molecular formula is C15H25N3OS. The monoisotopic (exact) mass is 295 g/mol. The third-order valence-corrected chi connectivity index (χ3v) is 5.46. The Balaban J connectivity index is 1.76. The third kappa shape index (κ3) is 3.06. The number of thiazole rings is 1. The number of aryl methyl sites for hydroxylation is 1. The van der Waals surface area contributed by atoms with Crippen LogP contribution in [0.3, 0.4) is 0 Å². The molecule has 1 aromatic rings. The Labute approximate surface area is 125 Å². The summed E-state index contributed by atoms with van der Waals surface area (Å²) in [6.45, 7) is 6.14. The maximum atomic E-state index is 5.91. The maximum Gasteiger partial charge on any atom is 0.123 e. The van der Waals surface area contributed by atoms with Crippen molar-refractivity contribution >= 4 is 11.3 Å². The lowest BCUT2D eigenvalue weighted by Gasteiger charge is -2.28. The third-order valence-electron chi connectivity index (χ3n) is 4.15. The summed E-state index contributed by atoms with van der Waals surface area (Å²) in [6, 6.07) is 0.520. The molecule has 1 N–H and O–H groups in total. The fraction of sp³-hybridized carbons (Fsp3) is 0.800. The topological polar surface area (TPSA) is 37.4 Å².